The van der Waals surface area contributed by atoms with Gasteiger partial charge in [-0.15, -0.1) is 0 Å². The van der Waals surface area contributed by atoms with Crippen LogP contribution in [0.15, 0.2) is 15.6 Å². The number of sulfone groups is 1. The zero-order valence-electron chi connectivity index (χ0n) is 12.1. The highest BCUT2D eigenvalue weighted by Gasteiger charge is 2.26. The van der Waals surface area contributed by atoms with E-state index in [2.05, 4.69) is 20.9 Å². The van der Waals surface area contributed by atoms with Gasteiger partial charge in [0.05, 0.1) is 19.3 Å². The van der Waals surface area contributed by atoms with Crippen molar-refractivity contribution >= 4 is 31.6 Å². The number of ether oxygens (including phenoxy) is 1. The Bertz CT molecular complexity index is 688. The number of halogens is 1. The zero-order chi connectivity index (χ0) is 15.8. The van der Waals surface area contributed by atoms with Gasteiger partial charge in [-0.05, 0) is 29.8 Å². The fourth-order valence-corrected chi connectivity index (χ4v) is 3.13. The van der Waals surface area contributed by atoms with Gasteiger partial charge < -0.3 is 9.64 Å². The number of rotatable bonds is 3. The minimum absolute atomic E-state index is 0.00948. The van der Waals surface area contributed by atoms with Crippen LogP contribution in [0.25, 0.3) is 0 Å². The van der Waals surface area contributed by atoms with Crippen molar-refractivity contribution in [2.75, 3.05) is 30.9 Å². The normalized spacial score (nSPS) is 21.3. The molecule has 1 unspecified atom stereocenters. The van der Waals surface area contributed by atoms with Crippen LogP contribution in [0.4, 0.5) is 5.82 Å². The molecule has 1 aromatic rings. The molecule has 118 valence electrons. The summed E-state index contributed by atoms with van der Waals surface area (Å²) in [6.07, 6.45) is 2.51. The van der Waals surface area contributed by atoms with Gasteiger partial charge in [0.15, 0.2) is 15.7 Å². The maximum Gasteiger partial charge on any atom is 0.294 e. The summed E-state index contributed by atoms with van der Waals surface area (Å²) in [5.41, 5.74) is -0.412. The lowest BCUT2D eigenvalue weighted by Gasteiger charge is -2.34. The Kier molecular flexibility index (Phi) is 4.74. The first-order valence-electron chi connectivity index (χ1n) is 6.53. The Morgan fingerprint density at radius 1 is 1.52 bits per heavy atom. The number of nitrogens with zero attached hydrogens (tertiary/aromatic N) is 3. The molecule has 0 radical (unpaired) electrons. The third-order valence-electron chi connectivity index (χ3n) is 3.54. The summed E-state index contributed by atoms with van der Waals surface area (Å²) >= 11 is 3.25. The Balaban J connectivity index is 2.54. The molecule has 0 spiro atoms. The number of anilines is 1. The van der Waals surface area contributed by atoms with Crippen LogP contribution in [0.2, 0.25) is 0 Å². The van der Waals surface area contributed by atoms with Crippen molar-refractivity contribution in [3.8, 4) is 0 Å². The van der Waals surface area contributed by atoms with E-state index in [0.29, 0.717) is 24.4 Å². The van der Waals surface area contributed by atoms with Crippen molar-refractivity contribution in [1.29, 1.82) is 0 Å². The number of aromatic nitrogens is 2. The van der Waals surface area contributed by atoms with Crippen LogP contribution in [0.3, 0.4) is 0 Å². The van der Waals surface area contributed by atoms with E-state index in [4.69, 9.17) is 4.74 Å². The highest BCUT2D eigenvalue weighted by atomic mass is 79.9. The molecule has 2 heterocycles. The molecule has 9 heteroatoms. The zero-order valence-corrected chi connectivity index (χ0v) is 14.5. The van der Waals surface area contributed by atoms with Crippen LogP contribution in [-0.4, -0.2) is 50.0 Å². The van der Waals surface area contributed by atoms with Crippen LogP contribution < -0.4 is 10.5 Å². The van der Waals surface area contributed by atoms with Gasteiger partial charge in [-0.1, -0.05) is 0 Å². The van der Waals surface area contributed by atoms with E-state index in [0.717, 1.165) is 6.26 Å². The Hall–Kier alpha value is -0.930. The second-order valence-corrected chi connectivity index (χ2v) is 8.30. The van der Waals surface area contributed by atoms with Crippen LogP contribution >= 0.6 is 15.9 Å². The van der Waals surface area contributed by atoms with Crippen molar-refractivity contribution in [1.82, 2.24) is 9.55 Å². The van der Waals surface area contributed by atoms with Crippen molar-refractivity contribution in [2.24, 2.45) is 0 Å². The van der Waals surface area contributed by atoms with Gasteiger partial charge >= 0.3 is 0 Å². The standard InChI is InChI=1S/C12H18BrN3O4S/c1-8-7-20-5-4-15(8)11-12(17)16(6-10(13)14-11)9(2)21(3,18)19/h6,8-9H,4-5,7H2,1-3H3/t8-,9?/m1/s1. The van der Waals surface area contributed by atoms with E-state index < -0.39 is 20.8 Å². The monoisotopic (exact) mass is 379 g/mol. The molecule has 0 aromatic carbocycles. The van der Waals surface area contributed by atoms with E-state index >= 15 is 0 Å². The first kappa shape index (κ1) is 16.4. The maximum atomic E-state index is 12.6. The average molecular weight is 380 g/mol. The van der Waals surface area contributed by atoms with Crippen molar-refractivity contribution in [3.63, 3.8) is 0 Å². The minimum atomic E-state index is -3.39. The molecule has 2 rings (SSSR count). The molecule has 0 N–H and O–H groups in total. The lowest BCUT2D eigenvalue weighted by molar-refractivity contribution is 0.0983. The Morgan fingerprint density at radius 2 is 2.19 bits per heavy atom. The second-order valence-electron chi connectivity index (χ2n) is 5.15. The van der Waals surface area contributed by atoms with Gasteiger partial charge in [-0.3, -0.25) is 9.36 Å². The lowest BCUT2D eigenvalue weighted by Crippen LogP contribution is -2.47. The fraction of sp³-hybridized carbons (Fsp3) is 0.667. The Labute approximate surface area is 132 Å². The van der Waals surface area contributed by atoms with Crippen LogP contribution in [0, 0.1) is 0 Å². The molecule has 0 saturated carbocycles. The SMILES string of the molecule is CC(n1cc(Br)nc(N2CCOC[C@H]2C)c1=O)S(C)(=O)=O. The molecular weight excluding hydrogens is 362 g/mol. The van der Waals surface area contributed by atoms with Crippen molar-refractivity contribution in [3.05, 3.63) is 21.2 Å². The summed E-state index contributed by atoms with van der Waals surface area (Å²) in [6, 6.07) is 0.00948. The van der Waals surface area contributed by atoms with E-state index in [1.165, 1.54) is 17.7 Å². The highest BCUT2D eigenvalue weighted by molar-refractivity contribution is 9.10. The number of hydrogen-bond acceptors (Lipinski definition) is 6. The summed E-state index contributed by atoms with van der Waals surface area (Å²) in [6.45, 7) is 4.99. The average Bonchev–Trinajstić information content (AvgIpc) is 2.40. The molecule has 0 aliphatic carbocycles. The molecule has 1 saturated heterocycles. The number of hydrogen-bond donors (Lipinski definition) is 0. The van der Waals surface area contributed by atoms with E-state index in [-0.39, 0.29) is 11.9 Å². The van der Waals surface area contributed by atoms with Gasteiger partial charge in [0.1, 0.15) is 9.98 Å². The quantitative estimate of drug-likeness (QED) is 0.772. The summed E-state index contributed by atoms with van der Waals surface area (Å²) in [5.74, 6) is 0.246. The molecule has 2 atom stereocenters. The Morgan fingerprint density at radius 3 is 2.76 bits per heavy atom. The molecule has 0 bridgehead atoms. The lowest BCUT2D eigenvalue weighted by atomic mass is 10.2. The molecule has 7 nitrogen and oxygen atoms in total. The molecule has 1 aliphatic heterocycles. The fourth-order valence-electron chi connectivity index (χ4n) is 2.17. The van der Waals surface area contributed by atoms with Gasteiger partial charge in [-0.25, -0.2) is 13.4 Å². The molecular formula is C12H18BrN3O4S. The minimum Gasteiger partial charge on any atom is -0.377 e. The summed E-state index contributed by atoms with van der Waals surface area (Å²) in [4.78, 5) is 18.7. The van der Waals surface area contributed by atoms with Gasteiger partial charge in [0.2, 0.25) is 0 Å². The molecule has 1 aliphatic rings. The summed E-state index contributed by atoms with van der Waals surface area (Å²) in [7, 11) is -3.39. The summed E-state index contributed by atoms with van der Waals surface area (Å²) in [5, 5.41) is -0.945. The summed E-state index contributed by atoms with van der Waals surface area (Å²) < 4.78 is 30.4. The number of morpholine rings is 1. The molecule has 0 amide bonds. The van der Waals surface area contributed by atoms with Gasteiger partial charge in [0.25, 0.3) is 5.56 Å². The maximum absolute atomic E-state index is 12.6. The highest BCUT2D eigenvalue weighted by Crippen LogP contribution is 2.19. The van der Waals surface area contributed by atoms with Gasteiger partial charge in [0, 0.05) is 19.0 Å². The molecule has 1 aromatic heterocycles. The first-order chi connectivity index (χ1) is 9.71. The largest absolute Gasteiger partial charge is 0.377 e. The van der Waals surface area contributed by atoms with Crippen LogP contribution in [0.5, 0.6) is 0 Å². The van der Waals surface area contributed by atoms with E-state index in [9.17, 15) is 13.2 Å². The van der Waals surface area contributed by atoms with Crippen LogP contribution in [-0.2, 0) is 14.6 Å². The van der Waals surface area contributed by atoms with Crippen LogP contribution in [0.1, 0.15) is 19.2 Å². The smallest absolute Gasteiger partial charge is 0.294 e. The third kappa shape index (κ3) is 3.46. The predicted octanol–water partition coefficient (Wildman–Crippen LogP) is 0.794. The molecule has 1 fully saturated rings. The van der Waals surface area contributed by atoms with E-state index in [1.54, 1.807) is 0 Å². The predicted molar refractivity (Wildman–Crippen MR) is 83.4 cm³/mol. The third-order valence-corrected chi connectivity index (χ3v) is 5.38. The topological polar surface area (TPSA) is 81.5 Å². The first-order valence-corrected chi connectivity index (χ1v) is 9.28. The molecule has 21 heavy (non-hydrogen) atoms. The van der Waals surface area contributed by atoms with Gasteiger partial charge in [-0.2, -0.15) is 0 Å². The van der Waals surface area contributed by atoms with Crippen molar-refractivity contribution in [2.45, 2.75) is 25.3 Å². The second kappa shape index (κ2) is 6.05. The van der Waals surface area contributed by atoms with E-state index in [1.807, 2.05) is 11.8 Å². The van der Waals surface area contributed by atoms with Crippen molar-refractivity contribution < 1.29 is 13.2 Å².